The molecule has 1 aromatic heterocycles. The van der Waals surface area contributed by atoms with E-state index < -0.39 is 28.6 Å². The molecule has 1 saturated heterocycles. The van der Waals surface area contributed by atoms with Gasteiger partial charge in [0.25, 0.3) is 5.91 Å². The van der Waals surface area contributed by atoms with E-state index >= 15 is 0 Å². The highest BCUT2D eigenvalue weighted by Gasteiger charge is 2.58. The number of hydrogen-bond donors (Lipinski definition) is 1. The van der Waals surface area contributed by atoms with E-state index in [9.17, 15) is 27.4 Å². The number of nitrogens with one attached hydrogen (secondary N) is 1. The molecule has 3 aromatic rings. The molecule has 2 unspecified atom stereocenters. The number of nitrogens with zero attached hydrogens (tertiary/aromatic N) is 3. The minimum Gasteiger partial charge on any atom is -0.346 e. The third-order valence-electron chi connectivity index (χ3n) is 8.33. The highest BCUT2D eigenvalue weighted by atomic mass is 35.5. The Balaban J connectivity index is 1.32. The summed E-state index contributed by atoms with van der Waals surface area (Å²) >= 11 is 7.94. The van der Waals surface area contributed by atoms with Crippen molar-refractivity contribution in [1.29, 1.82) is 5.26 Å². The number of aromatic nitrogens is 1. The molecule has 218 valence electrons. The Bertz CT molecular complexity index is 1600. The Labute approximate surface area is 253 Å². The summed E-state index contributed by atoms with van der Waals surface area (Å²) in [6.07, 6.45) is 0.0679. The van der Waals surface area contributed by atoms with E-state index in [1.807, 2.05) is 28.2 Å². The maximum Gasteiger partial charge on any atom is 0.417 e. The minimum atomic E-state index is -4.56. The van der Waals surface area contributed by atoms with Crippen LogP contribution in [0.1, 0.15) is 58.4 Å². The van der Waals surface area contributed by atoms with Crippen molar-refractivity contribution in [2.24, 2.45) is 5.92 Å². The predicted octanol–water partition coefficient (Wildman–Crippen LogP) is 6.64. The van der Waals surface area contributed by atoms with E-state index in [1.54, 1.807) is 30.3 Å². The first-order valence-electron chi connectivity index (χ1n) is 13.6. The monoisotopic (exact) mass is 630 g/mol. The zero-order valence-electron chi connectivity index (χ0n) is 22.3. The van der Waals surface area contributed by atoms with E-state index in [2.05, 4.69) is 16.4 Å². The topological polar surface area (TPSA) is 86.1 Å². The van der Waals surface area contributed by atoms with E-state index in [0.717, 1.165) is 54.5 Å². The lowest BCUT2D eigenvalue weighted by Crippen LogP contribution is -2.49. The number of fused-ring (bicyclic) bond motifs is 2. The quantitative estimate of drug-likeness (QED) is 0.330. The van der Waals surface area contributed by atoms with Crippen molar-refractivity contribution in [3.63, 3.8) is 0 Å². The van der Waals surface area contributed by atoms with Crippen LogP contribution < -0.4 is 9.62 Å². The number of rotatable bonds is 6. The fourth-order valence-electron chi connectivity index (χ4n) is 6.13. The van der Waals surface area contributed by atoms with Crippen molar-refractivity contribution in [3.05, 3.63) is 87.7 Å². The SMILES string of the molecule is N#Cc1ccc(S(=O)N2c3ccc(C(=O)NCc4ncc(C(F)(F)F)cc4Cl)cc3C3(CCSCC3)C2C2CC2)cc1. The van der Waals surface area contributed by atoms with Gasteiger partial charge in [-0.3, -0.25) is 14.1 Å². The summed E-state index contributed by atoms with van der Waals surface area (Å²) in [6.45, 7) is -0.131. The van der Waals surface area contributed by atoms with Gasteiger partial charge in [0.15, 0.2) is 11.0 Å². The number of halogens is 4. The fourth-order valence-corrected chi connectivity index (χ4v) is 9.10. The van der Waals surface area contributed by atoms with Gasteiger partial charge in [-0.15, -0.1) is 0 Å². The zero-order chi connectivity index (χ0) is 29.6. The second kappa shape index (κ2) is 11.2. The third-order valence-corrected chi connectivity index (χ3v) is 11.1. The largest absolute Gasteiger partial charge is 0.417 e. The van der Waals surface area contributed by atoms with Crippen molar-refractivity contribution in [2.75, 3.05) is 15.8 Å². The Morgan fingerprint density at radius 2 is 1.88 bits per heavy atom. The van der Waals surface area contributed by atoms with Crippen molar-refractivity contribution in [2.45, 2.75) is 54.8 Å². The van der Waals surface area contributed by atoms with Gasteiger partial charge in [-0.25, -0.2) is 4.21 Å². The molecule has 0 radical (unpaired) electrons. The van der Waals surface area contributed by atoms with Gasteiger partial charge in [-0.1, -0.05) is 11.6 Å². The average Bonchev–Trinajstić information content (AvgIpc) is 3.80. The number of pyridine rings is 1. The fraction of sp³-hybridized carbons (Fsp3) is 0.367. The van der Waals surface area contributed by atoms with Gasteiger partial charge in [0, 0.05) is 17.2 Å². The molecule has 0 bridgehead atoms. The van der Waals surface area contributed by atoms with Gasteiger partial charge < -0.3 is 5.32 Å². The molecule has 1 N–H and O–H groups in total. The summed E-state index contributed by atoms with van der Waals surface area (Å²) in [7, 11) is -1.51. The van der Waals surface area contributed by atoms with Gasteiger partial charge in [0.05, 0.1) is 51.1 Å². The number of thioether (sulfide) groups is 1. The summed E-state index contributed by atoms with van der Waals surface area (Å²) in [4.78, 5) is 17.7. The molecule has 2 fully saturated rings. The lowest BCUT2D eigenvalue weighted by Gasteiger charge is -2.41. The summed E-state index contributed by atoms with van der Waals surface area (Å²) in [5.41, 5.74) is 1.71. The standard InChI is InChI=1S/C30H26ClF3N4O2S2/c31-24-14-21(30(32,33)34)16-36-25(24)17-37-28(39)20-5-8-26-23(13-20)29(9-11-41-12-10-29)27(19-3-4-19)38(26)42(40)22-6-1-18(15-35)2-7-22/h1-2,5-8,13-14,16,19,27H,3-4,9-12,17H2,(H,37,39). The highest BCUT2D eigenvalue weighted by molar-refractivity contribution is 7.99. The highest BCUT2D eigenvalue weighted by Crippen LogP contribution is 2.59. The van der Waals surface area contributed by atoms with Gasteiger partial charge in [-0.05, 0) is 97.2 Å². The molecule has 12 heteroatoms. The number of benzene rings is 2. The van der Waals surface area contributed by atoms with Crippen LogP contribution in [0.15, 0.2) is 59.6 Å². The van der Waals surface area contributed by atoms with E-state index in [-0.39, 0.29) is 28.7 Å². The Morgan fingerprint density at radius 1 is 1.17 bits per heavy atom. The summed E-state index contributed by atoms with van der Waals surface area (Å²) in [6, 6.07) is 15.2. The van der Waals surface area contributed by atoms with Gasteiger partial charge in [-0.2, -0.15) is 30.2 Å². The first kappa shape index (κ1) is 29.0. The van der Waals surface area contributed by atoms with Crippen LogP contribution >= 0.6 is 23.4 Å². The number of carbonyl (C=O) groups excluding carboxylic acids is 1. The molecule has 3 aliphatic rings. The van der Waals surface area contributed by atoms with Crippen molar-refractivity contribution in [3.8, 4) is 6.07 Å². The zero-order valence-corrected chi connectivity index (χ0v) is 24.7. The second-order valence-electron chi connectivity index (χ2n) is 10.8. The molecule has 2 aromatic carbocycles. The number of hydrogen-bond acceptors (Lipinski definition) is 5. The van der Waals surface area contributed by atoms with E-state index in [1.165, 1.54) is 0 Å². The van der Waals surface area contributed by atoms with Crippen LogP contribution in [0.3, 0.4) is 0 Å². The molecular formula is C30H26ClF3N4O2S2. The smallest absolute Gasteiger partial charge is 0.346 e. The van der Waals surface area contributed by atoms with Crippen LogP contribution in [-0.4, -0.2) is 32.6 Å². The maximum absolute atomic E-state index is 14.2. The number of alkyl halides is 3. The van der Waals surface area contributed by atoms with Crippen LogP contribution in [0.2, 0.25) is 5.02 Å². The lowest BCUT2D eigenvalue weighted by molar-refractivity contribution is -0.137. The van der Waals surface area contributed by atoms with E-state index in [0.29, 0.717) is 28.1 Å². The van der Waals surface area contributed by atoms with Crippen LogP contribution in [0, 0.1) is 17.2 Å². The van der Waals surface area contributed by atoms with Gasteiger partial charge in [0.2, 0.25) is 0 Å². The molecule has 42 heavy (non-hydrogen) atoms. The molecule has 1 saturated carbocycles. The molecule has 6 rings (SSSR count). The summed E-state index contributed by atoms with van der Waals surface area (Å²) < 4.78 is 55.1. The molecule has 3 heterocycles. The molecular weight excluding hydrogens is 605 g/mol. The Kier molecular flexibility index (Phi) is 7.75. The molecule has 2 aliphatic heterocycles. The Hall–Kier alpha value is -3.07. The molecule has 1 amide bonds. The summed E-state index contributed by atoms with van der Waals surface area (Å²) in [5, 5.41) is 11.8. The van der Waals surface area contributed by atoms with Crippen LogP contribution in [-0.2, 0) is 29.1 Å². The normalized spacial score (nSPS) is 20.2. The molecule has 1 aliphatic carbocycles. The van der Waals surface area contributed by atoms with Crippen LogP contribution in [0.4, 0.5) is 18.9 Å². The van der Waals surface area contributed by atoms with Gasteiger partial charge >= 0.3 is 6.18 Å². The predicted molar refractivity (Wildman–Crippen MR) is 157 cm³/mol. The van der Waals surface area contributed by atoms with Gasteiger partial charge in [0.1, 0.15) is 0 Å². The maximum atomic E-state index is 14.2. The average molecular weight is 631 g/mol. The van der Waals surface area contributed by atoms with Crippen LogP contribution in [0.25, 0.3) is 0 Å². The number of carbonyl (C=O) groups is 1. The van der Waals surface area contributed by atoms with Crippen molar-refractivity contribution < 1.29 is 22.2 Å². The van der Waals surface area contributed by atoms with E-state index in [4.69, 9.17) is 11.6 Å². The minimum absolute atomic E-state index is 0.0262. The molecule has 1 spiro atoms. The number of nitriles is 1. The van der Waals surface area contributed by atoms with Crippen LogP contribution in [0.5, 0.6) is 0 Å². The first-order chi connectivity index (χ1) is 20.1. The summed E-state index contributed by atoms with van der Waals surface area (Å²) in [5.74, 6) is 1.93. The van der Waals surface area contributed by atoms with Crippen molar-refractivity contribution >= 4 is 45.9 Å². The lowest BCUT2D eigenvalue weighted by atomic mass is 9.70. The Morgan fingerprint density at radius 3 is 2.50 bits per heavy atom. The number of amides is 1. The van der Waals surface area contributed by atoms with Crippen molar-refractivity contribution in [1.82, 2.24) is 10.3 Å². The number of anilines is 1. The molecule has 6 nitrogen and oxygen atoms in total. The third kappa shape index (κ3) is 5.29. The first-order valence-corrected chi connectivity index (χ1v) is 16.2. The molecule has 2 atom stereocenters. The second-order valence-corrected chi connectivity index (χ2v) is 13.8.